The van der Waals surface area contributed by atoms with E-state index in [-0.39, 0.29) is 0 Å². The standard InChI is InChI=1S/C11H17BrClNS/c1-8(2)3-10(5-13)14-6-11-4-9(12)7-15-11/h4,7-8,10,14H,3,5-6H2,1-2H3. The predicted molar refractivity (Wildman–Crippen MR) is 72.8 cm³/mol. The summed E-state index contributed by atoms with van der Waals surface area (Å²) in [6, 6.07) is 2.57. The summed E-state index contributed by atoms with van der Waals surface area (Å²) in [4.78, 5) is 1.35. The fraction of sp³-hybridized carbons (Fsp3) is 0.636. The van der Waals surface area contributed by atoms with Gasteiger partial charge in [0.1, 0.15) is 0 Å². The zero-order valence-electron chi connectivity index (χ0n) is 9.09. The Morgan fingerprint density at radius 1 is 1.53 bits per heavy atom. The van der Waals surface area contributed by atoms with Crippen LogP contribution < -0.4 is 5.32 Å². The molecular formula is C11H17BrClNS. The van der Waals surface area contributed by atoms with Gasteiger partial charge < -0.3 is 5.32 Å². The molecule has 1 heterocycles. The summed E-state index contributed by atoms with van der Waals surface area (Å²) in [6.07, 6.45) is 1.13. The van der Waals surface area contributed by atoms with Crippen molar-refractivity contribution in [2.45, 2.75) is 32.9 Å². The Hall–Kier alpha value is 0.430. The zero-order valence-corrected chi connectivity index (χ0v) is 12.3. The third-order valence-electron chi connectivity index (χ3n) is 2.13. The number of alkyl halides is 1. The lowest BCUT2D eigenvalue weighted by atomic mass is 10.1. The van der Waals surface area contributed by atoms with Crippen molar-refractivity contribution in [3.8, 4) is 0 Å². The molecule has 1 aromatic heterocycles. The van der Waals surface area contributed by atoms with Gasteiger partial charge in [-0.2, -0.15) is 0 Å². The summed E-state index contributed by atoms with van der Waals surface area (Å²) < 4.78 is 1.16. The molecular weight excluding hydrogens is 294 g/mol. The van der Waals surface area contributed by atoms with E-state index >= 15 is 0 Å². The number of rotatable bonds is 6. The highest BCUT2D eigenvalue weighted by Gasteiger charge is 2.09. The fourth-order valence-corrected chi connectivity index (χ4v) is 3.10. The van der Waals surface area contributed by atoms with Gasteiger partial charge in [-0.05, 0) is 34.3 Å². The first-order valence-corrected chi connectivity index (χ1v) is 7.34. The van der Waals surface area contributed by atoms with Gasteiger partial charge in [0, 0.05) is 33.2 Å². The lowest BCUT2D eigenvalue weighted by Crippen LogP contribution is -2.31. The summed E-state index contributed by atoms with van der Waals surface area (Å²) in [5.74, 6) is 1.38. The van der Waals surface area contributed by atoms with E-state index < -0.39 is 0 Å². The summed E-state index contributed by atoms with van der Waals surface area (Å²) in [5.41, 5.74) is 0. The maximum Gasteiger partial charge on any atom is 0.0377 e. The summed E-state index contributed by atoms with van der Waals surface area (Å²) >= 11 is 11.1. The van der Waals surface area contributed by atoms with Crippen molar-refractivity contribution in [2.75, 3.05) is 5.88 Å². The molecule has 0 spiro atoms. The Morgan fingerprint density at radius 2 is 2.27 bits per heavy atom. The normalized spacial score (nSPS) is 13.4. The molecule has 1 rings (SSSR count). The van der Waals surface area contributed by atoms with E-state index in [0.717, 1.165) is 17.4 Å². The molecule has 1 aromatic rings. The number of halogens is 2. The van der Waals surface area contributed by atoms with E-state index in [2.05, 4.69) is 46.5 Å². The maximum absolute atomic E-state index is 5.91. The van der Waals surface area contributed by atoms with Crippen molar-refractivity contribution in [3.63, 3.8) is 0 Å². The Labute approximate surface area is 109 Å². The van der Waals surface area contributed by atoms with Crippen molar-refractivity contribution >= 4 is 38.9 Å². The van der Waals surface area contributed by atoms with Crippen molar-refractivity contribution in [1.82, 2.24) is 5.32 Å². The molecule has 0 aliphatic heterocycles. The largest absolute Gasteiger partial charge is 0.308 e. The first kappa shape index (κ1) is 13.5. The van der Waals surface area contributed by atoms with E-state index in [9.17, 15) is 0 Å². The van der Waals surface area contributed by atoms with E-state index in [0.29, 0.717) is 17.8 Å². The van der Waals surface area contributed by atoms with Crippen LogP contribution in [0.1, 0.15) is 25.1 Å². The van der Waals surface area contributed by atoms with Crippen LogP contribution in [0, 0.1) is 5.92 Å². The van der Waals surface area contributed by atoms with Gasteiger partial charge in [-0.3, -0.25) is 0 Å². The van der Waals surface area contributed by atoms with Crippen molar-refractivity contribution in [3.05, 3.63) is 20.8 Å². The van der Waals surface area contributed by atoms with Crippen molar-refractivity contribution < 1.29 is 0 Å². The number of thiophene rings is 1. The average molecular weight is 311 g/mol. The number of nitrogens with one attached hydrogen (secondary N) is 1. The van der Waals surface area contributed by atoms with Gasteiger partial charge >= 0.3 is 0 Å². The molecule has 0 aliphatic rings. The highest BCUT2D eigenvalue weighted by atomic mass is 79.9. The summed E-state index contributed by atoms with van der Waals surface area (Å²) in [5, 5.41) is 5.59. The van der Waals surface area contributed by atoms with Gasteiger partial charge in [0.15, 0.2) is 0 Å². The minimum Gasteiger partial charge on any atom is -0.308 e. The second-order valence-corrected chi connectivity index (χ2v) is 6.31. The molecule has 0 aromatic carbocycles. The Kier molecular flexibility index (Phi) is 6.20. The SMILES string of the molecule is CC(C)CC(CCl)NCc1cc(Br)cs1. The van der Waals surface area contributed by atoms with Crippen LogP contribution in [0.2, 0.25) is 0 Å². The third-order valence-corrected chi connectivity index (χ3v) is 4.20. The molecule has 0 amide bonds. The molecule has 0 saturated carbocycles. The quantitative estimate of drug-likeness (QED) is 0.774. The summed E-state index contributed by atoms with van der Waals surface area (Å²) in [7, 11) is 0. The molecule has 0 fully saturated rings. The number of hydrogen-bond acceptors (Lipinski definition) is 2. The van der Waals surface area contributed by atoms with Crippen molar-refractivity contribution in [1.29, 1.82) is 0 Å². The minimum absolute atomic E-state index is 0.424. The van der Waals surface area contributed by atoms with Crippen LogP contribution in [0.4, 0.5) is 0 Å². The second kappa shape index (κ2) is 6.89. The molecule has 15 heavy (non-hydrogen) atoms. The fourth-order valence-electron chi connectivity index (χ4n) is 1.46. The molecule has 86 valence electrons. The molecule has 1 nitrogen and oxygen atoms in total. The van der Waals surface area contributed by atoms with Gasteiger partial charge in [0.2, 0.25) is 0 Å². The van der Waals surface area contributed by atoms with Gasteiger partial charge in [-0.15, -0.1) is 22.9 Å². The molecule has 1 unspecified atom stereocenters. The van der Waals surface area contributed by atoms with Crippen LogP contribution in [-0.4, -0.2) is 11.9 Å². The molecule has 1 N–H and O–H groups in total. The van der Waals surface area contributed by atoms with Gasteiger partial charge in [-0.25, -0.2) is 0 Å². The first-order chi connectivity index (χ1) is 7.11. The maximum atomic E-state index is 5.91. The molecule has 0 radical (unpaired) electrons. The minimum atomic E-state index is 0.424. The average Bonchev–Trinajstić information content (AvgIpc) is 2.58. The smallest absolute Gasteiger partial charge is 0.0377 e. The topological polar surface area (TPSA) is 12.0 Å². The zero-order chi connectivity index (χ0) is 11.3. The van der Waals surface area contributed by atoms with E-state index in [1.54, 1.807) is 11.3 Å². The predicted octanol–water partition coefficient (Wildman–Crippen LogP) is 4.25. The van der Waals surface area contributed by atoms with Crippen LogP contribution in [0.3, 0.4) is 0 Å². The van der Waals surface area contributed by atoms with Crippen LogP contribution in [0.5, 0.6) is 0 Å². The van der Waals surface area contributed by atoms with Gasteiger partial charge in [-0.1, -0.05) is 13.8 Å². The number of hydrogen-bond donors (Lipinski definition) is 1. The molecule has 1 atom stereocenters. The highest BCUT2D eigenvalue weighted by Crippen LogP contribution is 2.19. The highest BCUT2D eigenvalue weighted by molar-refractivity contribution is 9.10. The molecule has 0 saturated heterocycles. The summed E-state index contributed by atoms with van der Waals surface area (Å²) in [6.45, 7) is 5.37. The molecule has 0 bridgehead atoms. The Balaban J connectivity index is 2.34. The molecule has 0 aliphatic carbocycles. The van der Waals surface area contributed by atoms with E-state index in [1.807, 2.05) is 0 Å². The van der Waals surface area contributed by atoms with Crippen molar-refractivity contribution in [2.24, 2.45) is 5.92 Å². The Bertz CT molecular complexity index is 288. The lowest BCUT2D eigenvalue weighted by molar-refractivity contribution is 0.446. The lowest BCUT2D eigenvalue weighted by Gasteiger charge is -2.17. The third kappa shape index (κ3) is 5.34. The van der Waals surface area contributed by atoms with Gasteiger partial charge in [0.25, 0.3) is 0 Å². The van der Waals surface area contributed by atoms with Crippen LogP contribution in [0.25, 0.3) is 0 Å². The van der Waals surface area contributed by atoms with E-state index in [4.69, 9.17) is 11.6 Å². The van der Waals surface area contributed by atoms with Crippen LogP contribution in [-0.2, 0) is 6.54 Å². The van der Waals surface area contributed by atoms with Crippen LogP contribution in [0.15, 0.2) is 15.9 Å². The second-order valence-electron chi connectivity index (χ2n) is 4.09. The van der Waals surface area contributed by atoms with Crippen LogP contribution >= 0.6 is 38.9 Å². The van der Waals surface area contributed by atoms with Gasteiger partial charge in [0.05, 0.1) is 0 Å². The Morgan fingerprint density at radius 3 is 2.73 bits per heavy atom. The monoisotopic (exact) mass is 309 g/mol. The first-order valence-electron chi connectivity index (χ1n) is 5.14. The van der Waals surface area contributed by atoms with E-state index in [1.165, 1.54) is 4.88 Å². The molecule has 4 heteroatoms.